The molecule has 22 heavy (non-hydrogen) atoms. The molecule has 0 atom stereocenters. The van der Waals surface area contributed by atoms with Crippen molar-refractivity contribution in [1.29, 1.82) is 0 Å². The summed E-state index contributed by atoms with van der Waals surface area (Å²) < 4.78 is 2.75. The summed E-state index contributed by atoms with van der Waals surface area (Å²) in [5.41, 5.74) is 2.24. The largest absolute Gasteiger partial charge is 0.310 e. The fraction of sp³-hybridized carbons (Fsp3) is 0.125. The van der Waals surface area contributed by atoms with E-state index >= 15 is 0 Å². The number of anilines is 1. The van der Waals surface area contributed by atoms with Gasteiger partial charge in [0.05, 0.1) is 21.6 Å². The number of hydrogen-bond donors (Lipinski definition) is 1. The van der Waals surface area contributed by atoms with Crippen molar-refractivity contribution in [3.8, 4) is 0 Å². The lowest BCUT2D eigenvalue weighted by Gasteiger charge is -2.09. The van der Waals surface area contributed by atoms with Crippen LogP contribution in [0.15, 0.2) is 46.9 Å². The number of carbonyl (C=O) groups excluding carboxylic acids is 1. The summed E-state index contributed by atoms with van der Waals surface area (Å²) in [6.45, 7) is 2.72. The van der Waals surface area contributed by atoms with E-state index in [2.05, 4.69) is 26.2 Å². The van der Waals surface area contributed by atoms with Crippen LogP contribution in [0.5, 0.6) is 0 Å². The van der Waals surface area contributed by atoms with Crippen molar-refractivity contribution >= 4 is 50.4 Å². The predicted octanol–water partition coefficient (Wildman–Crippen LogP) is 4.72. The van der Waals surface area contributed by atoms with Gasteiger partial charge in [-0.05, 0) is 37.3 Å². The molecule has 0 bridgehead atoms. The Labute approximate surface area is 141 Å². The highest BCUT2D eigenvalue weighted by Gasteiger charge is 2.15. The van der Waals surface area contributed by atoms with Crippen molar-refractivity contribution < 1.29 is 4.79 Å². The first-order chi connectivity index (χ1) is 10.6. The van der Waals surface area contributed by atoms with Gasteiger partial charge in [-0.3, -0.25) is 10.1 Å². The third kappa shape index (κ3) is 2.74. The van der Waals surface area contributed by atoms with E-state index in [1.165, 1.54) is 0 Å². The minimum Gasteiger partial charge on any atom is -0.310 e. The fourth-order valence-corrected chi connectivity index (χ4v) is 2.90. The van der Waals surface area contributed by atoms with Crippen molar-refractivity contribution in [3.63, 3.8) is 0 Å². The zero-order valence-electron chi connectivity index (χ0n) is 11.8. The summed E-state index contributed by atoms with van der Waals surface area (Å²) in [5, 5.41) is 3.25. The van der Waals surface area contributed by atoms with Gasteiger partial charge in [-0.2, -0.15) is 0 Å². The molecule has 0 spiro atoms. The molecule has 0 aliphatic rings. The summed E-state index contributed by atoms with van der Waals surface area (Å²) in [7, 11) is 0. The number of benzene rings is 2. The zero-order chi connectivity index (χ0) is 15.7. The monoisotopic (exact) mass is 377 g/mol. The van der Waals surface area contributed by atoms with Crippen LogP contribution in [0.3, 0.4) is 0 Å². The van der Waals surface area contributed by atoms with Crippen LogP contribution in [-0.2, 0) is 6.54 Å². The van der Waals surface area contributed by atoms with Gasteiger partial charge in [0.25, 0.3) is 5.91 Å². The number of amides is 1. The quantitative estimate of drug-likeness (QED) is 0.716. The summed E-state index contributed by atoms with van der Waals surface area (Å²) in [6.07, 6.45) is 0. The van der Waals surface area contributed by atoms with Gasteiger partial charge in [-0.25, -0.2) is 4.98 Å². The molecule has 2 aromatic carbocycles. The number of hydrogen-bond acceptors (Lipinski definition) is 2. The van der Waals surface area contributed by atoms with Gasteiger partial charge in [0.2, 0.25) is 5.95 Å². The zero-order valence-corrected chi connectivity index (χ0v) is 14.1. The second-order valence-electron chi connectivity index (χ2n) is 4.75. The molecule has 1 N–H and O–H groups in total. The highest BCUT2D eigenvalue weighted by Crippen LogP contribution is 2.24. The van der Waals surface area contributed by atoms with Crippen LogP contribution in [0.4, 0.5) is 5.95 Å². The van der Waals surface area contributed by atoms with Crippen LogP contribution in [0.2, 0.25) is 5.02 Å². The average Bonchev–Trinajstić information content (AvgIpc) is 2.86. The molecule has 1 aromatic heterocycles. The SMILES string of the molecule is CCn1c(NC(=O)c2cc(Br)ccc2Cl)nc2ccccc21. The van der Waals surface area contributed by atoms with Crippen LogP contribution in [0.1, 0.15) is 17.3 Å². The minimum absolute atomic E-state index is 0.281. The van der Waals surface area contributed by atoms with E-state index in [-0.39, 0.29) is 5.91 Å². The number of fused-ring (bicyclic) bond motifs is 1. The Kier molecular flexibility index (Phi) is 4.18. The second-order valence-corrected chi connectivity index (χ2v) is 6.07. The number of rotatable bonds is 3. The lowest BCUT2D eigenvalue weighted by atomic mass is 10.2. The molecule has 0 radical (unpaired) electrons. The predicted molar refractivity (Wildman–Crippen MR) is 92.5 cm³/mol. The van der Waals surface area contributed by atoms with Gasteiger partial charge in [0.15, 0.2) is 0 Å². The second kappa shape index (κ2) is 6.10. The number of para-hydroxylation sites is 2. The van der Waals surface area contributed by atoms with Crippen LogP contribution in [0.25, 0.3) is 11.0 Å². The highest BCUT2D eigenvalue weighted by atomic mass is 79.9. The molecule has 112 valence electrons. The van der Waals surface area contributed by atoms with Crippen LogP contribution < -0.4 is 5.32 Å². The lowest BCUT2D eigenvalue weighted by molar-refractivity contribution is 0.102. The van der Waals surface area contributed by atoms with Gasteiger partial charge in [-0.1, -0.05) is 39.7 Å². The third-order valence-corrected chi connectivity index (χ3v) is 4.19. The van der Waals surface area contributed by atoms with E-state index < -0.39 is 0 Å². The Morgan fingerprint density at radius 3 is 2.86 bits per heavy atom. The Morgan fingerprint density at radius 2 is 2.09 bits per heavy atom. The number of nitrogens with one attached hydrogen (secondary N) is 1. The molecule has 0 fully saturated rings. The summed E-state index contributed by atoms with van der Waals surface area (Å²) >= 11 is 9.45. The third-order valence-electron chi connectivity index (χ3n) is 3.37. The molecule has 0 saturated carbocycles. The Hall–Kier alpha value is -1.85. The topological polar surface area (TPSA) is 46.9 Å². The van der Waals surface area contributed by atoms with Gasteiger partial charge < -0.3 is 4.57 Å². The number of halogens is 2. The fourth-order valence-electron chi connectivity index (χ4n) is 2.33. The number of imidazole rings is 1. The van der Waals surface area contributed by atoms with Crippen molar-refractivity contribution in [2.24, 2.45) is 0 Å². The highest BCUT2D eigenvalue weighted by molar-refractivity contribution is 9.10. The number of aryl methyl sites for hydroxylation is 1. The summed E-state index contributed by atoms with van der Waals surface area (Å²) in [5.74, 6) is 0.237. The maximum absolute atomic E-state index is 12.5. The van der Waals surface area contributed by atoms with E-state index in [0.29, 0.717) is 23.1 Å². The molecule has 1 heterocycles. The first kappa shape index (κ1) is 15.1. The Bertz CT molecular complexity index is 860. The summed E-state index contributed by atoms with van der Waals surface area (Å²) in [6, 6.07) is 12.9. The van der Waals surface area contributed by atoms with Gasteiger partial charge in [0, 0.05) is 11.0 Å². The molecule has 6 heteroatoms. The molecule has 0 saturated heterocycles. The molecular formula is C16H13BrClN3O. The smallest absolute Gasteiger partial charge is 0.259 e. The molecule has 4 nitrogen and oxygen atoms in total. The molecule has 3 rings (SSSR count). The van der Waals surface area contributed by atoms with Gasteiger partial charge in [0.1, 0.15) is 0 Å². The molecule has 1 amide bonds. The summed E-state index contributed by atoms with van der Waals surface area (Å²) in [4.78, 5) is 16.9. The van der Waals surface area contributed by atoms with E-state index in [1.54, 1.807) is 18.2 Å². The molecule has 3 aromatic rings. The van der Waals surface area contributed by atoms with Crippen LogP contribution >= 0.6 is 27.5 Å². The number of nitrogens with zero attached hydrogens (tertiary/aromatic N) is 2. The van der Waals surface area contributed by atoms with Gasteiger partial charge >= 0.3 is 0 Å². The molecule has 0 aliphatic carbocycles. The van der Waals surface area contributed by atoms with Crippen molar-refractivity contribution in [2.75, 3.05) is 5.32 Å². The van der Waals surface area contributed by atoms with E-state index in [4.69, 9.17) is 11.6 Å². The number of carbonyl (C=O) groups is 1. The van der Waals surface area contributed by atoms with Crippen LogP contribution in [0, 0.1) is 0 Å². The first-order valence-corrected chi connectivity index (χ1v) is 7.99. The van der Waals surface area contributed by atoms with Crippen molar-refractivity contribution in [3.05, 3.63) is 57.5 Å². The van der Waals surface area contributed by atoms with Crippen LogP contribution in [-0.4, -0.2) is 15.5 Å². The molecule has 0 aliphatic heterocycles. The Morgan fingerprint density at radius 1 is 1.32 bits per heavy atom. The number of aromatic nitrogens is 2. The van der Waals surface area contributed by atoms with E-state index in [9.17, 15) is 4.79 Å². The first-order valence-electron chi connectivity index (χ1n) is 6.82. The van der Waals surface area contributed by atoms with Gasteiger partial charge in [-0.15, -0.1) is 0 Å². The van der Waals surface area contributed by atoms with E-state index in [0.717, 1.165) is 15.5 Å². The van der Waals surface area contributed by atoms with Crippen molar-refractivity contribution in [2.45, 2.75) is 13.5 Å². The normalized spacial score (nSPS) is 10.9. The Balaban J connectivity index is 1.99. The minimum atomic E-state index is -0.281. The maximum atomic E-state index is 12.5. The molecule has 0 unspecified atom stereocenters. The lowest BCUT2D eigenvalue weighted by Crippen LogP contribution is -2.16. The standard InChI is InChI=1S/C16H13BrClN3O/c1-2-21-14-6-4-3-5-13(14)19-16(21)20-15(22)11-9-10(17)7-8-12(11)18/h3-9H,2H2,1H3,(H,19,20,22). The molecular weight excluding hydrogens is 366 g/mol. The van der Waals surface area contributed by atoms with E-state index in [1.807, 2.05) is 35.8 Å². The maximum Gasteiger partial charge on any atom is 0.259 e. The average molecular weight is 379 g/mol. The van der Waals surface area contributed by atoms with Crippen molar-refractivity contribution in [1.82, 2.24) is 9.55 Å².